The minimum atomic E-state index is -0.426. The number of ether oxygens (including phenoxy) is 1. The lowest BCUT2D eigenvalue weighted by Crippen LogP contribution is -2.56. The topological polar surface area (TPSA) is 77.7 Å². The highest BCUT2D eigenvalue weighted by atomic mass is 127. The molecule has 1 saturated heterocycles. The van der Waals surface area contributed by atoms with Crippen molar-refractivity contribution in [2.75, 3.05) is 43.5 Å². The molecule has 136 valence electrons. The monoisotopic (exact) mass is 466 g/mol. The molecule has 1 amide bonds. The number of carbonyl (C=O) groups excluding carboxylic acids is 1. The van der Waals surface area contributed by atoms with E-state index in [1.807, 2.05) is 40.8 Å². The molecular formula is C18H19IN4O3. The molecule has 0 radical (unpaired) electrons. The van der Waals surface area contributed by atoms with Gasteiger partial charge in [-0.3, -0.25) is 9.59 Å². The SMILES string of the molecule is CN1CCN2c3ccc(NC(=O)c4c(I)cc[nH]c4=O)cc3OCC2C1. The highest BCUT2D eigenvalue weighted by Gasteiger charge is 2.31. The van der Waals surface area contributed by atoms with Crippen molar-refractivity contribution < 1.29 is 9.53 Å². The maximum atomic E-state index is 12.5. The zero-order valence-corrected chi connectivity index (χ0v) is 16.4. The van der Waals surface area contributed by atoms with Gasteiger partial charge in [-0.15, -0.1) is 0 Å². The first-order chi connectivity index (χ1) is 12.5. The molecule has 1 atom stereocenters. The molecule has 1 fully saturated rings. The summed E-state index contributed by atoms with van der Waals surface area (Å²) in [7, 11) is 2.12. The lowest BCUT2D eigenvalue weighted by molar-refractivity contribution is 0.102. The zero-order chi connectivity index (χ0) is 18.3. The van der Waals surface area contributed by atoms with Crippen molar-refractivity contribution in [1.82, 2.24) is 9.88 Å². The summed E-state index contributed by atoms with van der Waals surface area (Å²) >= 11 is 1.98. The number of halogens is 1. The van der Waals surface area contributed by atoms with E-state index in [0.717, 1.165) is 31.1 Å². The number of benzene rings is 1. The number of hydrogen-bond acceptors (Lipinski definition) is 5. The van der Waals surface area contributed by atoms with Gasteiger partial charge in [-0.2, -0.15) is 0 Å². The number of amides is 1. The third-order valence-electron chi connectivity index (χ3n) is 4.78. The van der Waals surface area contributed by atoms with Gasteiger partial charge >= 0.3 is 0 Å². The van der Waals surface area contributed by atoms with E-state index in [4.69, 9.17) is 4.74 Å². The van der Waals surface area contributed by atoms with Gasteiger partial charge < -0.3 is 24.8 Å². The Hall–Kier alpha value is -2.07. The highest BCUT2D eigenvalue weighted by molar-refractivity contribution is 14.1. The van der Waals surface area contributed by atoms with Crippen LogP contribution in [0.15, 0.2) is 35.3 Å². The Bertz CT molecular complexity index is 914. The Morgan fingerprint density at radius 1 is 1.35 bits per heavy atom. The van der Waals surface area contributed by atoms with Crippen molar-refractivity contribution in [1.29, 1.82) is 0 Å². The van der Waals surface area contributed by atoms with Crippen LogP contribution in [-0.4, -0.2) is 55.1 Å². The molecule has 2 aliphatic heterocycles. The molecule has 26 heavy (non-hydrogen) atoms. The number of anilines is 2. The molecule has 8 heteroatoms. The van der Waals surface area contributed by atoms with E-state index in [1.165, 1.54) is 6.20 Å². The molecule has 1 aromatic carbocycles. The number of likely N-dealkylation sites (N-methyl/N-ethyl adjacent to an activating group) is 1. The molecule has 1 aromatic heterocycles. The van der Waals surface area contributed by atoms with Crippen LogP contribution in [0.1, 0.15) is 10.4 Å². The summed E-state index contributed by atoms with van der Waals surface area (Å²) in [5.74, 6) is 0.338. The zero-order valence-electron chi connectivity index (χ0n) is 14.3. The first kappa shape index (κ1) is 17.3. The van der Waals surface area contributed by atoms with Gasteiger partial charge in [0, 0.05) is 41.2 Å². The van der Waals surface area contributed by atoms with Crippen LogP contribution in [0, 0.1) is 3.57 Å². The number of rotatable bonds is 2. The number of aromatic amines is 1. The van der Waals surface area contributed by atoms with Crippen molar-refractivity contribution in [2.45, 2.75) is 6.04 Å². The molecule has 2 aromatic rings. The molecule has 2 aliphatic rings. The van der Waals surface area contributed by atoms with Crippen LogP contribution in [0.25, 0.3) is 0 Å². The van der Waals surface area contributed by atoms with Gasteiger partial charge in [-0.05, 0) is 47.8 Å². The molecule has 7 nitrogen and oxygen atoms in total. The predicted molar refractivity (Wildman–Crippen MR) is 108 cm³/mol. The molecule has 2 N–H and O–H groups in total. The molecule has 1 unspecified atom stereocenters. The van der Waals surface area contributed by atoms with Gasteiger partial charge in [-0.1, -0.05) is 0 Å². The minimum absolute atomic E-state index is 0.117. The van der Waals surface area contributed by atoms with Crippen molar-refractivity contribution in [3.8, 4) is 5.75 Å². The number of piperazine rings is 1. The summed E-state index contributed by atoms with van der Waals surface area (Å²) in [4.78, 5) is 31.6. The lowest BCUT2D eigenvalue weighted by Gasteiger charge is -2.44. The van der Waals surface area contributed by atoms with Crippen molar-refractivity contribution in [3.05, 3.63) is 49.9 Å². The number of H-pyrrole nitrogens is 1. The van der Waals surface area contributed by atoms with Gasteiger partial charge in [0.25, 0.3) is 11.5 Å². The number of carbonyl (C=O) groups is 1. The third kappa shape index (κ3) is 3.18. The average molecular weight is 466 g/mol. The molecule has 0 aliphatic carbocycles. The molecule has 4 rings (SSSR count). The minimum Gasteiger partial charge on any atom is -0.489 e. The number of pyridine rings is 1. The number of nitrogens with one attached hydrogen (secondary N) is 2. The largest absolute Gasteiger partial charge is 0.489 e. The Kier molecular flexibility index (Phi) is 4.62. The second-order valence-corrected chi connectivity index (χ2v) is 7.75. The molecule has 3 heterocycles. The third-order valence-corrected chi connectivity index (χ3v) is 5.68. The second kappa shape index (κ2) is 6.92. The number of hydrogen-bond donors (Lipinski definition) is 2. The van der Waals surface area contributed by atoms with E-state index in [9.17, 15) is 9.59 Å². The summed E-state index contributed by atoms with van der Waals surface area (Å²) in [6.45, 7) is 3.59. The summed E-state index contributed by atoms with van der Waals surface area (Å²) < 4.78 is 6.54. The van der Waals surface area contributed by atoms with Gasteiger partial charge in [0.2, 0.25) is 0 Å². The standard InChI is InChI=1S/C18H19IN4O3/c1-22-6-7-23-12(9-22)10-26-15-8-11(2-3-14(15)23)21-18(25)16-13(19)4-5-20-17(16)24/h2-5,8,12H,6-7,9-10H2,1H3,(H,20,24)(H,21,25). The lowest BCUT2D eigenvalue weighted by atomic mass is 10.1. The van der Waals surface area contributed by atoms with Gasteiger partial charge in [-0.25, -0.2) is 0 Å². The van der Waals surface area contributed by atoms with E-state index in [0.29, 0.717) is 21.9 Å². The highest BCUT2D eigenvalue weighted by Crippen LogP contribution is 2.37. The number of fused-ring (bicyclic) bond motifs is 3. The fraction of sp³-hybridized carbons (Fsp3) is 0.333. The smallest absolute Gasteiger partial charge is 0.262 e. The molecule has 0 spiro atoms. The second-order valence-electron chi connectivity index (χ2n) is 6.59. The van der Waals surface area contributed by atoms with Crippen molar-refractivity contribution in [3.63, 3.8) is 0 Å². The van der Waals surface area contributed by atoms with Crippen molar-refractivity contribution in [2.24, 2.45) is 0 Å². The van der Waals surface area contributed by atoms with Crippen LogP contribution in [-0.2, 0) is 0 Å². The van der Waals surface area contributed by atoms with Gasteiger partial charge in [0.15, 0.2) is 0 Å². The van der Waals surface area contributed by atoms with Crippen LogP contribution < -0.4 is 20.5 Å². The van der Waals surface area contributed by atoms with E-state index >= 15 is 0 Å². The summed E-state index contributed by atoms with van der Waals surface area (Å²) in [6, 6.07) is 7.70. The average Bonchev–Trinajstić information content (AvgIpc) is 2.61. The van der Waals surface area contributed by atoms with Crippen LogP contribution in [0.4, 0.5) is 11.4 Å². The van der Waals surface area contributed by atoms with Crippen LogP contribution in [0.2, 0.25) is 0 Å². The quantitative estimate of drug-likeness (QED) is 0.660. The van der Waals surface area contributed by atoms with Crippen molar-refractivity contribution >= 4 is 39.9 Å². The summed E-state index contributed by atoms with van der Waals surface area (Å²) in [6.07, 6.45) is 1.53. The summed E-state index contributed by atoms with van der Waals surface area (Å²) in [5.41, 5.74) is 1.38. The van der Waals surface area contributed by atoms with E-state index in [2.05, 4.69) is 27.1 Å². The Morgan fingerprint density at radius 3 is 3.00 bits per heavy atom. The van der Waals surface area contributed by atoms with E-state index in [1.54, 1.807) is 6.07 Å². The van der Waals surface area contributed by atoms with Crippen LogP contribution >= 0.6 is 22.6 Å². The Morgan fingerprint density at radius 2 is 2.19 bits per heavy atom. The normalized spacial score (nSPS) is 19.3. The number of aromatic nitrogens is 1. The van der Waals surface area contributed by atoms with Crippen LogP contribution in [0.5, 0.6) is 5.75 Å². The van der Waals surface area contributed by atoms with Crippen LogP contribution in [0.3, 0.4) is 0 Å². The molecule has 0 saturated carbocycles. The van der Waals surface area contributed by atoms with Gasteiger partial charge in [0.1, 0.15) is 17.9 Å². The Balaban J connectivity index is 1.57. The fourth-order valence-corrected chi connectivity index (χ4v) is 4.13. The Labute approximate surface area is 164 Å². The van der Waals surface area contributed by atoms with E-state index < -0.39 is 11.5 Å². The molecular weight excluding hydrogens is 447 g/mol. The van der Waals surface area contributed by atoms with E-state index in [-0.39, 0.29) is 5.56 Å². The first-order valence-corrected chi connectivity index (χ1v) is 9.51. The predicted octanol–water partition coefficient (Wildman–Crippen LogP) is 1.74. The first-order valence-electron chi connectivity index (χ1n) is 8.43. The fourth-order valence-electron chi connectivity index (χ4n) is 3.46. The maximum Gasteiger partial charge on any atom is 0.262 e. The maximum absolute atomic E-state index is 12.5. The molecule has 0 bridgehead atoms. The number of nitrogens with zero attached hydrogens (tertiary/aromatic N) is 2. The summed E-state index contributed by atoms with van der Waals surface area (Å²) in [5, 5.41) is 2.80. The van der Waals surface area contributed by atoms with Gasteiger partial charge in [0.05, 0.1) is 11.7 Å².